The first-order valence-corrected chi connectivity index (χ1v) is 8.74. The zero-order chi connectivity index (χ0) is 15.8. The molecule has 118 valence electrons. The molecule has 1 atom stereocenters. The van der Waals surface area contributed by atoms with Gasteiger partial charge in [-0.3, -0.25) is 4.79 Å². The first kappa shape index (κ1) is 14.7. The third-order valence-corrected chi connectivity index (χ3v) is 5.46. The minimum Gasteiger partial charge on any atom is -0.347 e. The van der Waals surface area contributed by atoms with Crippen molar-refractivity contribution in [2.45, 2.75) is 18.8 Å². The molecule has 2 aromatic heterocycles. The van der Waals surface area contributed by atoms with Crippen molar-refractivity contribution in [1.29, 1.82) is 0 Å². The van der Waals surface area contributed by atoms with E-state index in [9.17, 15) is 4.79 Å². The van der Waals surface area contributed by atoms with Crippen LogP contribution < -0.4 is 10.5 Å². The molecule has 0 aliphatic carbocycles. The van der Waals surface area contributed by atoms with Crippen LogP contribution in [0.2, 0.25) is 5.02 Å². The molecular formula is C16H15ClN4OS. The van der Waals surface area contributed by atoms with Crippen LogP contribution in [0.1, 0.15) is 24.5 Å². The lowest BCUT2D eigenvalue weighted by Gasteiger charge is -2.32. The number of anilines is 1. The number of halogens is 1. The zero-order valence-electron chi connectivity index (χ0n) is 12.3. The third kappa shape index (κ3) is 2.96. The van der Waals surface area contributed by atoms with Crippen LogP contribution in [0.15, 0.2) is 35.4 Å². The maximum atomic E-state index is 11.5. The maximum absolute atomic E-state index is 11.5. The topological polar surface area (TPSA) is 61.9 Å². The normalized spacial score (nSPS) is 18.5. The van der Waals surface area contributed by atoms with Crippen LogP contribution >= 0.6 is 22.9 Å². The molecular weight excluding hydrogens is 332 g/mol. The van der Waals surface area contributed by atoms with Crippen LogP contribution in [-0.4, -0.2) is 28.0 Å². The second-order valence-corrected chi connectivity index (χ2v) is 7.18. The Balaban J connectivity index is 1.62. The summed E-state index contributed by atoms with van der Waals surface area (Å²) in [7, 11) is 0. The van der Waals surface area contributed by atoms with E-state index < -0.39 is 0 Å². The lowest BCUT2D eigenvalue weighted by atomic mass is 9.95. The first-order valence-electron chi connectivity index (χ1n) is 7.55. The number of hydrogen-bond donors (Lipinski definition) is 1. The standard InChI is InChI=1S/C16H15ClN4OS/c17-11-3-4-12-14(6-11)23-16(20-12)21-5-1-2-10(8-21)13-7-15(22)19-9-18-13/h3-4,6-7,9-10H,1-2,5,8H2,(H,18,19,22). The molecule has 1 unspecified atom stereocenters. The van der Waals surface area contributed by atoms with Gasteiger partial charge in [-0.15, -0.1) is 0 Å². The number of hydrogen-bond acceptors (Lipinski definition) is 5. The number of H-pyrrole nitrogens is 1. The molecule has 1 aliphatic rings. The summed E-state index contributed by atoms with van der Waals surface area (Å²) in [6.07, 6.45) is 3.59. The minimum absolute atomic E-state index is 0.0956. The van der Waals surface area contributed by atoms with Gasteiger partial charge in [0.05, 0.1) is 22.2 Å². The molecule has 0 amide bonds. The molecule has 1 aromatic carbocycles. The summed E-state index contributed by atoms with van der Waals surface area (Å²) < 4.78 is 1.10. The fourth-order valence-electron chi connectivity index (χ4n) is 3.02. The maximum Gasteiger partial charge on any atom is 0.250 e. The van der Waals surface area contributed by atoms with Crippen molar-refractivity contribution in [3.8, 4) is 0 Å². The summed E-state index contributed by atoms with van der Waals surface area (Å²) in [6, 6.07) is 7.38. The summed E-state index contributed by atoms with van der Waals surface area (Å²) >= 11 is 7.72. The van der Waals surface area contributed by atoms with Crippen LogP contribution in [-0.2, 0) is 0 Å². The van der Waals surface area contributed by atoms with E-state index >= 15 is 0 Å². The number of piperidine rings is 1. The number of aromatic nitrogens is 3. The Labute approximate surface area is 142 Å². The second kappa shape index (κ2) is 5.94. The number of thiazole rings is 1. The van der Waals surface area contributed by atoms with Crippen molar-refractivity contribution < 1.29 is 0 Å². The fraction of sp³-hybridized carbons (Fsp3) is 0.312. The van der Waals surface area contributed by atoms with Gasteiger partial charge in [-0.2, -0.15) is 0 Å². The van der Waals surface area contributed by atoms with Crippen molar-refractivity contribution in [2.75, 3.05) is 18.0 Å². The number of nitrogens with one attached hydrogen (secondary N) is 1. The summed E-state index contributed by atoms with van der Waals surface area (Å²) in [5, 5.41) is 1.74. The Morgan fingerprint density at radius 1 is 1.35 bits per heavy atom. The largest absolute Gasteiger partial charge is 0.347 e. The van der Waals surface area contributed by atoms with Crippen LogP contribution in [0.25, 0.3) is 10.2 Å². The predicted molar refractivity (Wildman–Crippen MR) is 93.7 cm³/mol. The average molecular weight is 347 g/mol. The summed E-state index contributed by atoms with van der Waals surface area (Å²) in [4.78, 5) is 25.4. The molecule has 23 heavy (non-hydrogen) atoms. The zero-order valence-corrected chi connectivity index (χ0v) is 13.9. The summed E-state index contributed by atoms with van der Waals surface area (Å²) in [5.74, 6) is 0.265. The number of rotatable bonds is 2. The Kier molecular flexibility index (Phi) is 3.79. The van der Waals surface area contributed by atoms with Gasteiger partial charge >= 0.3 is 0 Å². The van der Waals surface area contributed by atoms with E-state index in [1.807, 2.05) is 18.2 Å². The van der Waals surface area contributed by atoms with Crippen LogP contribution in [0.4, 0.5) is 5.13 Å². The predicted octanol–water partition coefficient (Wildman–Crippen LogP) is 3.42. The van der Waals surface area contributed by atoms with Gasteiger partial charge in [0, 0.05) is 30.1 Å². The van der Waals surface area contributed by atoms with Gasteiger partial charge in [0.15, 0.2) is 5.13 Å². The average Bonchev–Trinajstić information content (AvgIpc) is 2.98. The van der Waals surface area contributed by atoms with Gasteiger partial charge < -0.3 is 9.88 Å². The molecule has 0 radical (unpaired) electrons. The Hall–Kier alpha value is -1.92. The van der Waals surface area contributed by atoms with Crippen LogP contribution in [0.3, 0.4) is 0 Å². The monoisotopic (exact) mass is 346 g/mol. The van der Waals surface area contributed by atoms with E-state index in [-0.39, 0.29) is 11.5 Å². The van der Waals surface area contributed by atoms with Crippen molar-refractivity contribution in [3.05, 3.63) is 51.7 Å². The van der Waals surface area contributed by atoms with E-state index in [1.54, 1.807) is 17.4 Å². The van der Waals surface area contributed by atoms with E-state index in [0.717, 1.165) is 52.0 Å². The smallest absolute Gasteiger partial charge is 0.250 e. The minimum atomic E-state index is -0.0956. The van der Waals surface area contributed by atoms with Gasteiger partial charge in [0.25, 0.3) is 5.56 Å². The number of benzene rings is 1. The Bertz CT molecular complexity index is 906. The van der Waals surface area contributed by atoms with Crippen LogP contribution in [0.5, 0.6) is 0 Å². The summed E-state index contributed by atoms with van der Waals surface area (Å²) in [6.45, 7) is 1.82. The highest BCUT2D eigenvalue weighted by Gasteiger charge is 2.24. The van der Waals surface area contributed by atoms with Crippen molar-refractivity contribution in [2.24, 2.45) is 0 Å². The molecule has 0 spiro atoms. The molecule has 3 heterocycles. The lowest BCUT2D eigenvalue weighted by molar-refractivity contribution is 0.500. The molecule has 4 rings (SSSR count). The SMILES string of the molecule is O=c1cc(C2CCCN(c3nc4ccc(Cl)cc4s3)C2)nc[nH]1. The van der Waals surface area contributed by atoms with Gasteiger partial charge in [0.2, 0.25) is 0 Å². The second-order valence-electron chi connectivity index (χ2n) is 5.73. The van der Waals surface area contributed by atoms with E-state index in [0.29, 0.717) is 0 Å². The number of aromatic amines is 1. The van der Waals surface area contributed by atoms with Crippen molar-refractivity contribution >= 4 is 38.3 Å². The van der Waals surface area contributed by atoms with Crippen molar-refractivity contribution in [1.82, 2.24) is 15.0 Å². The Morgan fingerprint density at radius 3 is 3.13 bits per heavy atom. The first-order chi connectivity index (χ1) is 11.2. The molecule has 5 nitrogen and oxygen atoms in total. The van der Waals surface area contributed by atoms with Gasteiger partial charge in [0.1, 0.15) is 0 Å². The molecule has 1 fully saturated rings. The van der Waals surface area contributed by atoms with Gasteiger partial charge in [-0.1, -0.05) is 22.9 Å². The Morgan fingerprint density at radius 2 is 2.26 bits per heavy atom. The molecule has 1 saturated heterocycles. The van der Waals surface area contributed by atoms with E-state index in [2.05, 4.69) is 14.9 Å². The van der Waals surface area contributed by atoms with E-state index in [1.165, 1.54) is 6.33 Å². The van der Waals surface area contributed by atoms with E-state index in [4.69, 9.17) is 16.6 Å². The molecule has 1 N–H and O–H groups in total. The molecule has 0 saturated carbocycles. The van der Waals surface area contributed by atoms with Crippen molar-refractivity contribution in [3.63, 3.8) is 0 Å². The van der Waals surface area contributed by atoms with Gasteiger partial charge in [-0.25, -0.2) is 9.97 Å². The fourth-order valence-corrected chi connectivity index (χ4v) is 4.30. The van der Waals surface area contributed by atoms with Crippen LogP contribution in [0, 0.1) is 0 Å². The lowest BCUT2D eigenvalue weighted by Crippen LogP contribution is -2.34. The molecule has 7 heteroatoms. The highest BCUT2D eigenvalue weighted by molar-refractivity contribution is 7.22. The molecule has 0 bridgehead atoms. The molecule has 3 aromatic rings. The quantitative estimate of drug-likeness (QED) is 0.772. The van der Waals surface area contributed by atoms with Gasteiger partial charge in [-0.05, 0) is 31.0 Å². The molecule has 1 aliphatic heterocycles. The highest BCUT2D eigenvalue weighted by atomic mass is 35.5. The number of fused-ring (bicyclic) bond motifs is 1. The number of nitrogens with zero attached hydrogens (tertiary/aromatic N) is 3. The third-order valence-electron chi connectivity index (χ3n) is 4.15. The highest BCUT2D eigenvalue weighted by Crippen LogP contribution is 2.34. The summed E-state index contributed by atoms with van der Waals surface area (Å²) in [5.41, 5.74) is 1.75.